The molecule has 0 radical (unpaired) electrons. The number of nitrogens with one attached hydrogen (secondary N) is 1. The molecule has 1 fully saturated rings. The summed E-state index contributed by atoms with van der Waals surface area (Å²) in [5, 5.41) is 11.8. The standard InChI is InChI=1S/C11H19NO2/c1-11(2,3)14-12(13)10-7-8-4-5-9(10)6-8/h4-5,8-10,12H,6-7H2,1-3H3. The third kappa shape index (κ3) is 2.00. The lowest BCUT2D eigenvalue weighted by atomic mass is 10.0. The van der Waals surface area contributed by atoms with E-state index in [1.165, 1.54) is 0 Å². The summed E-state index contributed by atoms with van der Waals surface area (Å²) < 4.78 is 0. The van der Waals surface area contributed by atoms with E-state index < -0.39 is 0 Å². The third-order valence-corrected chi connectivity index (χ3v) is 2.99. The summed E-state index contributed by atoms with van der Waals surface area (Å²) in [5.74, 6) is 1.09. The highest BCUT2D eigenvalue weighted by Crippen LogP contribution is 2.37. The normalized spacial score (nSPS) is 37.9. The Kier molecular flexibility index (Phi) is 2.41. The molecule has 4 unspecified atom stereocenters. The van der Waals surface area contributed by atoms with Gasteiger partial charge in [-0.2, -0.15) is 4.84 Å². The van der Waals surface area contributed by atoms with Crippen LogP contribution in [0.2, 0.25) is 0 Å². The van der Waals surface area contributed by atoms with Gasteiger partial charge in [0, 0.05) is 12.3 Å². The van der Waals surface area contributed by atoms with Gasteiger partial charge in [-0.25, -0.2) is 5.23 Å². The van der Waals surface area contributed by atoms with Crippen molar-refractivity contribution in [3.8, 4) is 0 Å². The average Bonchev–Trinajstić information content (AvgIpc) is 2.59. The van der Waals surface area contributed by atoms with E-state index >= 15 is 0 Å². The van der Waals surface area contributed by atoms with E-state index in [0.29, 0.717) is 11.8 Å². The topological polar surface area (TPSA) is 36.7 Å². The van der Waals surface area contributed by atoms with Crippen molar-refractivity contribution in [2.45, 2.75) is 45.3 Å². The summed E-state index contributed by atoms with van der Waals surface area (Å²) in [6.07, 6.45) is 6.58. The van der Waals surface area contributed by atoms with E-state index in [1.54, 1.807) is 0 Å². The molecule has 2 bridgehead atoms. The van der Waals surface area contributed by atoms with E-state index in [9.17, 15) is 5.21 Å². The first-order valence-corrected chi connectivity index (χ1v) is 5.37. The molecule has 0 heterocycles. The molecule has 80 valence electrons. The maximum absolute atomic E-state index is 11.8. The van der Waals surface area contributed by atoms with Gasteiger partial charge < -0.3 is 5.21 Å². The van der Waals surface area contributed by atoms with Gasteiger partial charge in [0.2, 0.25) is 0 Å². The van der Waals surface area contributed by atoms with Gasteiger partial charge in [-0.15, -0.1) is 0 Å². The van der Waals surface area contributed by atoms with E-state index in [0.717, 1.165) is 12.8 Å². The predicted molar refractivity (Wildman–Crippen MR) is 54.3 cm³/mol. The van der Waals surface area contributed by atoms with Crippen molar-refractivity contribution in [1.82, 2.24) is 0 Å². The van der Waals surface area contributed by atoms with Crippen LogP contribution in [0.15, 0.2) is 12.2 Å². The molecular formula is C11H19NO2. The summed E-state index contributed by atoms with van der Waals surface area (Å²) in [4.78, 5) is 5.40. The molecule has 3 heteroatoms. The van der Waals surface area contributed by atoms with E-state index in [2.05, 4.69) is 12.2 Å². The van der Waals surface area contributed by atoms with Crippen LogP contribution in [-0.4, -0.2) is 11.6 Å². The minimum absolute atomic E-state index is 0.00523. The summed E-state index contributed by atoms with van der Waals surface area (Å²) in [7, 11) is 0. The molecule has 0 aliphatic heterocycles. The fraction of sp³-hybridized carbons (Fsp3) is 0.818. The Bertz CT molecular complexity index is 244. The Morgan fingerprint density at radius 2 is 2.00 bits per heavy atom. The zero-order valence-corrected chi connectivity index (χ0v) is 9.12. The van der Waals surface area contributed by atoms with Gasteiger partial charge in [-0.3, -0.25) is 0 Å². The number of allylic oxidation sites excluding steroid dienone is 1. The quantitative estimate of drug-likeness (QED) is 0.531. The molecule has 0 saturated heterocycles. The summed E-state index contributed by atoms with van der Waals surface area (Å²) in [6, 6.07) is 0.129. The second-order valence-electron chi connectivity index (χ2n) is 5.42. The first kappa shape index (κ1) is 10.1. The van der Waals surface area contributed by atoms with Crippen LogP contribution in [0.25, 0.3) is 0 Å². The number of fused-ring (bicyclic) bond motifs is 2. The Morgan fingerprint density at radius 1 is 1.29 bits per heavy atom. The minimum Gasteiger partial charge on any atom is -0.600 e. The number of hydroxylamine groups is 2. The maximum atomic E-state index is 11.8. The van der Waals surface area contributed by atoms with E-state index in [-0.39, 0.29) is 16.9 Å². The summed E-state index contributed by atoms with van der Waals surface area (Å²) in [6.45, 7) is 5.77. The van der Waals surface area contributed by atoms with Crippen LogP contribution in [0.5, 0.6) is 0 Å². The second-order valence-corrected chi connectivity index (χ2v) is 5.42. The smallest absolute Gasteiger partial charge is 0.124 e. The van der Waals surface area contributed by atoms with Crippen LogP contribution >= 0.6 is 0 Å². The largest absolute Gasteiger partial charge is 0.600 e. The van der Waals surface area contributed by atoms with Gasteiger partial charge in [-0.1, -0.05) is 12.2 Å². The molecule has 3 nitrogen and oxygen atoms in total. The first-order valence-electron chi connectivity index (χ1n) is 5.37. The lowest BCUT2D eigenvalue weighted by Gasteiger charge is -2.34. The van der Waals surface area contributed by atoms with Crippen molar-refractivity contribution >= 4 is 0 Å². The van der Waals surface area contributed by atoms with Crippen molar-refractivity contribution in [2.75, 3.05) is 0 Å². The van der Waals surface area contributed by atoms with Gasteiger partial charge in [0.25, 0.3) is 0 Å². The summed E-state index contributed by atoms with van der Waals surface area (Å²) in [5.41, 5.74) is -0.345. The van der Waals surface area contributed by atoms with Crippen LogP contribution in [-0.2, 0) is 4.84 Å². The lowest BCUT2D eigenvalue weighted by Crippen LogP contribution is -3.12. The van der Waals surface area contributed by atoms with Gasteiger partial charge in [0.1, 0.15) is 11.6 Å². The molecular weight excluding hydrogens is 178 g/mol. The monoisotopic (exact) mass is 197 g/mol. The average molecular weight is 197 g/mol. The Balaban J connectivity index is 1.93. The molecule has 0 amide bonds. The molecule has 0 aromatic rings. The van der Waals surface area contributed by atoms with E-state index in [1.807, 2.05) is 20.8 Å². The lowest BCUT2D eigenvalue weighted by molar-refractivity contribution is -1.08. The zero-order valence-electron chi connectivity index (χ0n) is 9.12. The number of quaternary nitrogens is 1. The molecule has 14 heavy (non-hydrogen) atoms. The van der Waals surface area contributed by atoms with Crippen molar-refractivity contribution in [3.05, 3.63) is 17.4 Å². The van der Waals surface area contributed by atoms with Crippen molar-refractivity contribution in [3.63, 3.8) is 0 Å². The van der Waals surface area contributed by atoms with Crippen LogP contribution in [0.4, 0.5) is 0 Å². The highest BCUT2D eigenvalue weighted by Gasteiger charge is 2.41. The van der Waals surface area contributed by atoms with E-state index in [4.69, 9.17) is 4.84 Å². The summed E-state index contributed by atoms with van der Waals surface area (Å²) >= 11 is 0. The minimum atomic E-state index is -0.345. The number of hydrogen-bond donors (Lipinski definition) is 1. The van der Waals surface area contributed by atoms with Gasteiger partial charge in [0.15, 0.2) is 0 Å². The molecule has 0 aromatic carbocycles. The molecule has 1 N–H and O–H groups in total. The first-order chi connectivity index (χ1) is 6.46. The Morgan fingerprint density at radius 3 is 2.43 bits per heavy atom. The Hall–Kier alpha value is -0.380. The fourth-order valence-corrected chi connectivity index (χ4v) is 2.43. The molecule has 2 rings (SSSR count). The highest BCUT2D eigenvalue weighted by molar-refractivity contribution is 5.10. The van der Waals surface area contributed by atoms with Crippen molar-refractivity contribution in [1.29, 1.82) is 0 Å². The van der Waals surface area contributed by atoms with Crippen molar-refractivity contribution < 1.29 is 10.1 Å². The molecule has 2 aliphatic rings. The van der Waals surface area contributed by atoms with Crippen LogP contribution < -0.4 is 5.23 Å². The van der Waals surface area contributed by atoms with Crippen LogP contribution in [0.1, 0.15) is 33.6 Å². The molecule has 0 spiro atoms. The van der Waals surface area contributed by atoms with Crippen molar-refractivity contribution in [2.24, 2.45) is 11.8 Å². The SMILES string of the molecule is CC(C)(C)O[NH+]([O-])C1CC2C=CC1C2. The van der Waals surface area contributed by atoms with Gasteiger partial charge in [-0.05, 0) is 33.1 Å². The van der Waals surface area contributed by atoms with Crippen LogP contribution in [0.3, 0.4) is 0 Å². The second kappa shape index (κ2) is 3.33. The Labute approximate surface area is 85.3 Å². The zero-order chi connectivity index (χ0) is 10.3. The highest BCUT2D eigenvalue weighted by atomic mass is 16.9. The van der Waals surface area contributed by atoms with Gasteiger partial charge in [0.05, 0.1) is 0 Å². The third-order valence-electron chi connectivity index (χ3n) is 2.99. The molecule has 2 aliphatic carbocycles. The molecule has 0 aromatic heterocycles. The molecule has 4 atom stereocenters. The maximum Gasteiger partial charge on any atom is 0.124 e. The number of hydrogen-bond acceptors (Lipinski definition) is 2. The molecule has 1 saturated carbocycles. The van der Waals surface area contributed by atoms with Crippen LogP contribution in [0, 0.1) is 17.0 Å². The number of rotatable bonds is 2. The fourth-order valence-electron chi connectivity index (χ4n) is 2.43. The predicted octanol–water partition coefficient (Wildman–Crippen LogP) is 1.06. The van der Waals surface area contributed by atoms with Gasteiger partial charge >= 0.3 is 0 Å².